The van der Waals surface area contributed by atoms with Crippen LogP contribution in [0.3, 0.4) is 0 Å². The minimum absolute atomic E-state index is 0.0999. The van der Waals surface area contributed by atoms with E-state index in [-0.39, 0.29) is 25.2 Å². The van der Waals surface area contributed by atoms with E-state index in [4.69, 9.17) is 14.9 Å². The largest absolute Gasteiger partial charge is 0.394 e. The Bertz CT molecular complexity index is 110. The minimum Gasteiger partial charge on any atom is -0.394 e. The zero-order valence-electron chi connectivity index (χ0n) is 6.47. The van der Waals surface area contributed by atoms with Gasteiger partial charge in [-0.05, 0) is 0 Å². The Morgan fingerprint density at radius 1 is 1.18 bits per heavy atom. The summed E-state index contributed by atoms with van der Waals surface area (Å²) in [5, 5.41) is 26.8. The fraction of sp³-hybridized carbons (Fsp3) is 1.00. The summed E-state index contributed by atoms with van der Waals surface area (Å²) >= 11 is 0. The molecule has 1 fully saturated rings. The second kappa shape index (κ2) is 3.49. The first-order valence-electron chi connectivity index (χ1n) is 3.76. The maximum atomic E-state index is 9.36. The topological polar surface area (TPSA) is 69.9 Å². The molecular weight excluding hydrogens is 148 g/mol. The van der Waals surface area contributed by atoms with Crippen LogP contribution in [-0.4, -0.2) is 46.8 Å². The van der Waals surface area contributed by atoms with Gasteiger partial charge in [0.2, 0.25) is 0 Å². The Balaban J connectivity index is 2.53. The summed E-state index contributed by atoms with van der Waals surface area (Å²) in [5.74, 6) is -0.0999. The predicted molar refractivity (Wildman–Crippen MR) is 38.0 cm³/mol. The molecule has 3 unspecified atom stereocenters. The van der Waals surface area contributed by atoms with Crippen LogP contribution in [0.5, 0.6) is 0 Å². The molecule has 1 heterocycles. The van der Waals surface area contributed by atoms with Gasteiger partial charge in [0.15, 0.2) is 0 Å². The van der Waals surface area contributed by atoms with Crippen molar-refractivity contribution in [3.8, 4) is 0 Å². The third-order valence-electron chi connectivity index (χ3n) is 2.22. The lowest BCUT2D eigenvalue weighted by Gasteiger charge is -2.11. The number of rotatable bonds is 2. The summed E-state index contributed by atoms with van der Waals surface area (Å²) in [7, 11) is 0. The molecule has 0 bridgehead atoms. The molecule has 4 heteroatoms. The van der Waals surface area contributed by atoms with Crippen LogP contribution in [-0.2, 0) is 4.74 Å². The molecule has 0 aromatic carbocycles. The van der Waals surface area contributed by atoms with Crippen molar-refractivity contribution in [1.82, 2.24) is 0 Å². The molecule has 1 aliphatic rings. The van der Waals surface area contributed by atoms with Gasteiger partial charge in [-0.3, -0.25) is 0 Å². The van der Waals surface area contributed by atoms with E-state index in [0.717, 1.165) is 0 Å². The summed E-state index contributed by atoms with van der Waals surface area (Å²) < 4.78 is 5.13. The molecule has 0 saturated carbocycles. The van der Waals surface area contributed by atoms with E-state index >= 15 is 0 Å². The van der Waals surface area contributed by atoms with E-state index in [9.17, 15) is 5.11 Å². The number of ether oxygens (including phenoxy) is 1. The van der Waals surface area contributed by atoms with Crippen LogP contribution in [0, 0.1) is 5.92 Å². The number of hydrogen-bond donors (Lipinski definition) is 3. The molecule has 3 N–H and O–H groups in total. The molecule has 4 atom stereocenters. The van der Waals surface area contributed by atoms with Crippen LogP contribution in [0.25, 0.3) is 0 Å². The summed E-state index contributed by atoms with van der Waals surface area (Å²) in [6.45, 7) is 1.50. The molecule has 1 rings (SSSR count). The Morgan fingerprint density at radius 3 is 2.00 bits per heavy atom. The highest BCUT2D eigenvalue weighted by Crippen LogP contribution is 2.25. The molecule has 0 aromatic heterocycles. The summed E-state index contributed by atoms with van der Waals surface area (Å²) in [6, 6.07) is 0. The van der Waals surface area contributed by atoms with Crippen molar-refractivity contribution < 1.29 is 20.1 Å². The van der Waals surface area contributed by atoms with Crippen molar-refractivity contribution in [1.29, 1.82) is 0 Å². The molecule has 0 aromatic rings. The van der Waals surface area contributed by atoms with Crippen LogP contribution >= 0.6 is 0 Å². The monoisotopic (exact) mass is 162 g/mol. The van der Waals surface area contributed by atoms with E-state index in [1.807, 2.05) is 0 Å². The zero-order valence-corrected chi connectivity index (χ0v) is 6.47. The van der Waals surface area contributed by atoms with Crippen molar-refractivity contribution >= 4 is 0 Å². The molecule has 11 heavy (non-hydrogen) atoms. The van der Waals surface area contributed by atoms with Gasteiger partial charge < -0.3 is 20.1 Å². The maximum Gasteiger partial charge on any atom is 0.107 e. The maximum absolute atomic E-state index is 9.36. The Labute approximate surface area is 65.4 Å². The van der Waals surface area contributed by atoms with E-state index < -0.39 is 12.2 Å². The highest BCUT2D eigenvalue weighted by molar-refractivity contribution is 4.87. The lowest BCUT2D eigenvalue weighted by atomic mass is 9.99. The van der Waals surface area contributed by atoms with Crippen molar-refractivity contribution in [2.45, 2.75) is 25.2 Å². The molecule has 1 aliphatic heterocycles. The van der Waals surface area contributed by atoms with Crippen LogP contribution < -0.4 is 0 Å². The first kappa shape index (κ1) is 8.93. The van der Waals surface area contributed by atoms with Gasteiger partial charge in [0.05, 0.1) is 25.4 Å². The second-order valence-electron chi connectivity index (χ2n) is 2.93. The quantitative estimate of drug-likeness (QED) is 0.474. The summed E-state index contributed by atoms with van der Waals surface area (Å²) in [4.78, 5) is 0. The molecule has 0 amide bonds. The second-order valence-corrected chi connectivity index (χ2v) is 2.93. The van der Waals surface area contributed by atoms with E-state index in [1.54, 1.807) is 6.92 Å². The molecule has 0 spiro atoms. The van der Waals surface area contributed by atoms with E-state index in [1.165, 1.54) is 0 Å². The average molecular weight is 162 g/mol. The molecular formula is C7H14O4. The minimum atomic E-state index is -0.655. The zero-order chi connectivity index (χ0) is 8.43. The van der Waals surface area contributed by atoms with Gasteiger partial charge >= 0.3 is 0 Å². The number of aliphatic hydroxyl groups is 3. The highest BCUT2D eigenvalue weighted by Gasteiger charge is 2.39. The molecule has 1 saturated heterocycles. The standard InChI is InChI=1S/C7H14O4/c1-4-5(2-8)11-6(3-9)7(4)10/h4-10H,2-3H2,1H3/t4?,5?,6?,7-/m0/s1. The fourth-order valence-corrected chi connectivity index (χ4v) is 1.35. The lowest BCUT2D eigenvalue weighted by Crippen LogP contribution is -2.28. The average Bonchev–Trinajstić information content (AvgIpc) is 2.30. The van der Waals surface area contributed by atoms with E-state index in [2.05, 4.69) is 0 Å². The Morgan fingerprint density at radius 2 is 1.73 bits per heavy atom. The third kappa shape index (κ3) is 1.54. The first-order chi connectivity index (χ1) is 5.20. The fourth-order valence-electron chi connectivity index (χ4n) is 1.35. The number of hydrogen-bond acceptors (Lipinski definition) is 4. The van der Waals surface area contributed by atoms with Gasteiger partial charge in [0, 0.05) is 5.92 Å². The Hall–Kier alpha value is -0.160. The van der Waals surface area contributed by atoms with Crippen molar-refractivity contribution in [2.24, 2.45) is 5.92 Å². The van der Waals surface area contributed by atoms with Gasteiger partial charge in [0.25, 0.3) is 0 Å². The van der Waals surface area contributed by atoms with Crippen LogP contribution in [0.2, 0.25) is 0 Å². The smallest absolute Gasteiger partial charge is 0.107 e. The van der Waals surface area contributed by atoms with E-state index in [0.29, 0.717) is 0 Å². The van der Waals surface area contributed by atoms with Gasteiger partial charge in [0.1, 0.15) is 6.10 Å². The van der Waals surface area contributed by atoms with Gasteiger partial charge in [-0.2, -0.15) is 0 Å². The Kier molecular flexibility index (Phi) is 2.84. The molecule has 66 valence electrons. The van der Waals surface area contributed by atoms with Crippen molar-refractivity contribution in [2.75, 3.05) is 13.2 Å². The van der Waals surface area contributed by atoms with Crippen molar-refractivity contribution in [3.05, 3.63) is 0 Å². The van der Waals surface area contributed by atoms with Crippen LogP contribution in [0.15, 0.2) is 0 Å². The van der Waals surface area contributed by atoms with Crippen molar-refractivity contribution in [3.63, 3.8) is 0 Å². The lowest BCUT2D eigenvalue weighted by molar-refractivity contribution is -0.0362. The molecule has 4 nitrogen and oxygen atoms in total. The van der Waals surface area contributed by atoms with Crippen LogP contribution in [0.1, 0.15) is 6.92 Å². The summed E-state index contributed by atoms with van der Waals surface area (Å²) in [5.41, 5.74) is 0. The highest BCUT2D eigenvalue weighted by atomic mass is 16.5. The van der Waals surface area contributed by atoms with Crippen LogP contribution in [0.4, 0.5) is 0 Å². The SMILES string of the molecule is CC1C(CO)OC(CO)[C@H]1O. The van der Waals surface area contributed by atoms with Gasteiger partial charge in [-0.1, -0.05) is 6.92 Å². The molecule has 0 aliphatic carbocycles. The predicted octanol–water partition coefficient (Wildman–Crippen LogP) is -1.26. The van der Waals surface area contributed by atoms with Gasteiger partial charge in [-0.25, -0.2) is 0 Å². The normalized spacial score (nSPS) is 44.7. The van der Waals surface area contributed by atoms with Gasteiger partial charge in [-0.15, -0.1) is 0 Å². The first-order valence-corrected chi connectivity index (χ1v) is 3.76. The number of aliphatic hydroxyl groups excluding tert-OH is 3. The summed E-state index contributed by atoms with van der Waals surface area (Å²) in [6.07, 6.45) is -1.51. The third-order valence-corrected chi connectivity index (χ3v) is 2.22. The molecule has 0 radical (unpaired) electrons.